The van der Waals surface area contributed by atoms with E-state index in [4.69, 9.17) is 10.5 Å². The van der Waals surface area contributed by atoms with Gasteiger partial charge in [0.05, 0.1) is 12.0 Å². The molecule has 1 amide bonds. The van der Waals surface area contributed by atoms with Gasteiger partial charge in [0.1, 0.15) is 5.60 Å². The molecule has 0 aromatic carbocycles. The zero-order valence-corrected chi connectivity index (χ0v) is 15.9. The van der Waals surface area contributed by atoms with Crippen molar-refractivity contribution in [3.8, 4) is 0 Å². The van der Waals surface area contributed by atoms with Crippen LogP contribution < -0.4 is 5.73 Å². The zero-order valence-electron chi connectivity index (χ0n) is 15.9. The van der Waals surface area contributed by atoms with Crippen molar-refractivity contribution in [2.45, 2.75) is 73.8 Å². The summed E-state index contributed by atoms with van der Waals surface area (Å²) in [6, 6.07) is 0. The Morgan fingerprint density at radius 3 is 1.87 bits per heavy atom. The molecular weight excluding hydrogens is 294 g/mol. The van der Waals surface area contributed by atoms with E-state index in [1.807, 2.05) is 41.5 Å². The van der Waals surface area contributed by atoms with Crippen molar-refractivity contribution in [1.29, 1.82) is 0 Å². The Hall–Kier alpha value is -1.10. The summed E-state index contributed by atoms with van der Waals surface area (Å²) in [5.74, 6) is -0.671. The number of carbonyl (C=O) groups is 2. The van der Waals surface area contributed by atoms with E-state index >= 15 is 0 Å². The van der Waals surface area contributed by atoms with Gasteiger partial charge in [0.15, 0.2) is 0 Å². The summed E-state index contributed by atoms with van der Waals surface area (Å²) in [4.78, 5) is 24.7. The average Bonchev–Trinajstić information content (AvgIpc) is 2.90. The highest BCUT2D eigenvalue weighted by molar-refractivity contribution is 5.83. The van der Waals surface area contributed by atoms with Crippen molar-refractivity contribution in [3.05, 3.63) is 0 Å². The second kappa shape index (κ2) is 5.47. The maximum Gasteiger partial charge on any atom is 0.313 e. The number of ether oxygens (including phenoxy) is 1. The molecule has 0 aliphatic heterocycles. The Morgan fingerprint density at radius 1 is 1.13 bits per heavy atom. The standard InChI is InChI=1S/C18H33NO4/c1-14(2,17(7,8)12(19)21)9-18(10-15(18,3)4)13(22)23-16(5,6)11-20/h20H,9-11H2,1-8H3,(H2,19,21). The van der Waals surface area contributed by atoms with Crippen molar-refractivity contribution >= 4 is 11.9 Å². The van der Waals surface area contributed by atoms with Gasteiger partial charge in [-0.15, -0.1) is 0 Å². The van der Waals surface area contributed by atoms with Gasteiger partial charge < -0.3 is 15.6 Å². The maximum atomic E-state index is 12.8. The molecule has 0 bridgehead atoms. The van der Waals surface area contributed by atoms with E-state index in [-0.39, 0.29) is 23.9 Å². The third-order valence-electron chi connectivity index (χ3n) is 6.11. The molecule has 5 heteroatoms. The van der Waals surface area contributed by atoms with Gasteiger partial charge in [-0.1, -0.05) is 41.5 Å². The predicted octanol–water partition coefficient (Wildman–Crippen LogP) is 2.64. The fourth-order valence-electron chi connectivity index (χ4n) is 3.12. The minimum Gasteiger partial charge on any atom is -0.457 e. The van der Waals surface area contributed by atoms with E-state index in [9.17, 15) is 14.7 Å². The number of aliphatic hydroxyl groups is 1. The summed E-state index contributed by atoms with van der Waals surface area (Å²) < 4.78 is 5.56. The van der Waals surface area contributed by atoms with E-state index < -0.39 is 21.8 Å². The van der Waals surface area contributed by atoms with E-state index in [0.29, 0.717) is 12.8 Å². The van der Waals surface area contributed by atoms with Crippen LogP contribution in [0.15, 0.2) is 0 Å². The van der Waals surface area contributed by atoms with Gasteiger partial charge in [-0.2, -0.15) is 0 Å². The molecule has 0 aromatic rings. The molecule has 1 aliphatic carbocycles. The lowest BCUT2D eigenvalue weighted by Crippen LogP contribution is -2.47. The van der Waals surface area contributed by atoms with Gasteiger partial charge in [-0.05, 0) is 37.5 Å². The molecule has 1 atom stereocenters. The van der Waals surface area contributed by atoms with Gasteiger partial charge in [0, 0.05) is 5.41 Å². The van der Waals surface area contributed by atoms with E-state index in [1.165, 1.54) is 0 Å². The maximum absolute atomic E-state index is 12.8. The molecule has 23 heavy (non-hydrogen) atoms. The van der Waals surface area contributed by atoms with Crippen molar-refractivity contribution in [1.82, 2.24) is 0 Å². The highest BCUT2D eigenvalue weighted by Crippen LogP contribution is 2.70. The van der Waals surface area contributed by atoms with Crippen LogP contribution in [0.2, 0.25) is 0 Å². The number of amides is 1. The molecule has 0 radical (unpaired) electrons. The molecule has 0 heterocycles. The normalized spacial score (nSPS) is 24.2. The summed E-state index contributed by atoms with van der Waals surface area (Å²) in [5.41, 5.74) is 2.62. The van der Waals surface area contributed by atoms with Gasteiger partial charge in [-0.3, -0.25) is 9.59 Å². The SMILES string of the molecule is CC(C)(CO)OC(=O)C1(CC(C)(C)C(C)(C)C(N)=O)CC1(C)C. The minimum absolute atomic E-state index is 0.194. The number of carbonyl (C=O) groups excluding carboxylic acids is 2. The minimum atomic E-state index is -0.911. The van der Waals surface area contributed by atoms with Crippen molar-refractivity contribution in [3.63, 3.8) is 0 Å². The quantitative estimate of drug-likeness (QED) is 0.703. The van der Waals surface area contributed by atoms with E-state index in [2.05, 4.69) is 0 Å². The Kier molecular flexibility index (Phi) is 4.74. The molecule has 0 spiro atoms. The van der Waals surface area contributed by atoms with Gasteiger partial charge in [-0.25, -0.2) is 0 Å². The van der Waals surface area contributed by atoms with E-state index in [1.54, 1.807) is 13.8 Å². The van der Waals surface area contributed by atoms with Gasteiger partial charge in [0.2, 0.25) is 5.91 Å². The van der Waals surface area contributed by atoms with Gasteiger partial charge in [0.25, 0.3) is 0 Å². The smallest absolute Gasteiger partial charge is 0.313 e. The third-order valence-corrected chi connectivity index (χ3v) is 6.11. The van der Waals surface area contributed by atoms with Crippen LogP contribution in [0.4, 0.5) is 0 Å². The Labute approximate surface area is 140 Å². The fourth-order valence-corrected chi connectivity index (χ4v) is 3.12. The Morgan fingerprint density at radius 2 is 1.57 bits per heavy atom. The first-order valence-corrected chi connectivity index (χ1v) is 8.19. The second-order valence-electron chi connectivity index (χ2n) is 9.50. The number of primary amides is 1. The Bertz CT molecular complexity index is 505. The molecule has 1 saturated carbocycles. The topological polar surface area (TPSA) is 89.6 Å². The summed E-state index contributed by atoms with van der Waals surface area (Å²) >= 11 is 0. The molecule has 1 fully saturated rings. The highest BCUT2D eigenvalue weighted by Gasteiger charge is 2.69. The molecule has 5 nitrogen and oxygen atoms in total. The molecule has 0 saturated heterocycles. The number of aliphatic hydroxyl groups excluding tert-OH is 1. The first-order valence-electron chi connectivity index (χ1n) is 8.19. The first kappa shape index (κ1) is 19.9. The van der Waals surface area contributed by atoms with Crippen LogP contribution in [0.3, 0.4) is 0 Å². The van der Waals surface area contributed by atoms with Crippen molar-refractivity contribution in [2.75, 3.05) is 6.61 Å². The highest BCUT2D eigenvalue weighted by atomic mass is 16.6. The van der Waals surface area contributed by atoms with Gasteiger partial charge >= 0.3 is 5.97 Å². The summed E-state index contributed by atoms with van der Waals surface area (Å²) in [6.45, 7) is 14.8. The molecule has 1 unspecified atom stereocenters. The van der Waals surface area contributed by atoms with Crippen LogP contribution in [-0.2, 0) is 14.3 Å². The fraction of sp³-hybridized carbons (Fsp3) is 0.889. The molecule has 1 rings (SSSR count). The van der Waals surface area contributed by atoms with Crippen LogP contribution in [0, 0.1) is 21.7 Å². The summed E-state index contributed by atoms with van der Waals surface area (Å²) in [7, 11) is 0. The first-order chi connectivity index (χ1) is 10.0. The average molecular weight is 327 g/mol. The lowest BCUT2D eigenvalue weighted by atomic mass is 9.62. The zero-order chi connectivity index (χ0) is 18.5. The summed E-state index contributed by atoms with van der Waals surface area (Å²) in [5, 5.41) is 9.36. The monoisotopic (exact) mass is 327 g/mol. The number of nitrogens with two attached hydrogens (primary N) is 1. The molecule has 0 aromatic heterocycles. The van der Waals surface area contributed by atoms with E-state index in [0.717, 1.165) is 0 Å². The van der Waals surface area contributed by atoms with Crippen LogP contribution >= 0.6 is 0 Å². The second-order valence-corrected chi connectivity index (χ2v) is 9.50. The number of esters is 1. The molecule has 134 valence electrons. The lowest BCUT2D eigenvalue weighted by molar-refractivity contribution is -0.171. The van der Waals surface area contributed by atoms with Crippen molar-refractivity contribution in [2.24, 2.45) is 27.4 Å². The molecule has 3 N–H and O–H groups in total. The van der Waals surface area contributed by atoms with Crippen LogP contribution in [0.1, 0.15) is 68.2 Å². The van der Waals surface area contributed by atoms with Crippen LogP contribution in [-0.4, -0.2) is 29.2 Å². The number of hydrogen-bond acceptors (Lipinski definition) is 4. The Balaban J connectivity index is 3.10. The van der Waals surface area contributed by atoms with Crippen LogP contribution in [0.5, 0.6) is 0 Å². The molecule has 1 aliphatic rings. The largest absolute Gasteiger partial charge is 0.457 e. The summed E-state index contributed by atoms with van der Waals surface area (Å²) in [6.07, 6.45) is 1.22. The third kappa shape index (κ3) is 3.39. The van der Waals surface area contributed by atoms with Crippen molar-refractivity contribution < 1.29 is 19.4 Å². The number of hydrogen-bond donors (Lipinski definition) is 2. The van der Waals surface area contributed by atoms with Crippen LogP contribution in [0.25, 0.3) is 0 Å². The predicted molar refractivity (Wildman–Crippen MR) is 89.5 cm³/mol. The lowest BCUT2D eigenvalue weighted by Gasteiger charge is -2.42. The molecular formula is C18H33NO4. The number of rotatable bonds is 7.